The number of aryl methyl sites for hydroxylation is 1. The molecule has 1 N–H and O–H groups in total. The smallest absolute Gasteiger partial charge is 0.231 e. The van der Waals surface area contributed by atoms with Crippen LogP contribution < -0.4 is 14.8 Å². The monoisotopic (exact) mass is 399 g/mol. The number of hydrogen-bond donors (Lipinski definition) is 1. The molecule has 0 unspecified atom stereocenters. The van der Waals surface area contributed by atoms with E-state index in [1.54, 1.807) is 0 Å². The molecule has 0 aliphatic carbocycles. The average Bonchev–Trinajstić information content (AvgIpc) is 3.27. The van der Waals surface area contributed by atoms with Crippen molar-refractivity contribution < 1.29 is 9.47 Å². The summed E-state index contributed by atoms with van der Waals surface area (Å²) in [7, 11) is 5.84. The highest BCUT2D eigenvalue weighted by molar-refractivity contribution is 5.79. The molecule has 1 aromatic heterocycles. The van der Waals surface area contributed by atoms with Gasteiger partial charge in [0, 0.05) is 51.4 Å². The number of nitrogens with one attached hydrogen (secondary N) is 1. The van der Waals surface area contributed by atoms with E-state index in [0.717, 1.165) is 36.2 Å². The molecule has 0 spiro atoms. The lowest BCUT2D eigenvalue weighted by atomic mass is 9.84. The Hall–Kier alpha value is -2.70. The summed E-state index contributed by atoms with van der Waals surface area (Å²) in [5, 5.41) is 8.14. The molecule has 1 aliphatic heterocycles. The van der Waals surface area contributed by atoms with E-state index in [0.29, 0.717) is 12.7 Å². The minimum Gasteiger partial charge on any atom is -0.454 e. The van der Waals surface area contributed by atoms with Crippen molar-refractivity contribution >= 4 is 5.96 Å². The first-order chi connectivity index (χ1) is 13.7. The minimum atomic E-state index is -0.102. The highest BCUT2D eigenvalue weighted by atomic mass is 16.7. The summed E-state index contributed by atoms with van der Waals surface area (Å²) in [4.78, 5) is 6.62. The van der Waals surface area contributed by atoms with Crippen molar-refractivity contribution in [3.63, 3.8) is 0 Å². The lowest BCUT2D eigenvalue weighted by Crippen LogP contribution is -2.44. The van der Waals surface area contributed by atoms with Gasteiger partial charge in [0.05, 0.1) is 5.69 Å². The van der Waals surface area contributed by atoms with Crippen LogP contribution in [-0.4, -0.2) is 48.1 Å². The molecule has 0 amide bonds. The van der Waals surface area contributed by atoms with Crippen molar-refractivity contribution in [1.82, 2.24) is 20.0 Å². The summed E-state index contributed by atoms with van der Waals surface area (Å²) in [5.41, 5.74) is 3.45. The lowest BCUT2D eigenvalue weighted by Gasteiger charge is -2.29. The first-order valence-electron chi connectivity index (χ1n) is 10.1. The maximum absolute atomic E-state index is 5.54. The summed E-state index contributed by atoms with van der Waals surface area (Å²) < 4.78 is 12.8. The summed E-state index contributed by atoms with van der Waals surface area (Å²) >= 11 is 0. The van der Waals surface area contributed by atoms with Gasteiger partial charge in [-0.05, 0) is 23.6 Å². The third kappa shape index (κ3) is 4.66. The SMILES string of the molecule is CN=C(NCC(C)(C)c1ccc2c(c1)OCO2)N(C)Cc1cn(C)nc1C(C)C. The normalized spacial score (nSPS) is 13.9. The highest BCUT2D eigenvalue weighted by Gasteiger charge is 2.25. The average molecular weight is 400 g/mol. The molecule has 7 heteroatoms. The van der Waals surface area contributed by atoms with Gasteiger partial charge in [-0.3, -0.25) is 9.67 Å². The fourth-order valence-electron chi connectivity index (χ4n) is 3.60. The first kappa shape index (κ1) is 21.0. The molecule has 2 heterocycles. The summed E-state index contributed by atoms with van der Waals surface area (Å²) in [6.45, 7) is 10.6. The van der Waals surface area contributed by atoms with Gasteiger partial charge in [0.2, 0.25) is 6.79 Å². The van der Waals surface area contributed by atoms with Gasteiger partial charge in [-0.2, -0.15) is 5.10 Å². The topological polar surface area (TPSA) is 63.9 Å². The number of benzene rings is 1. The minimum absolute atomic E-state index is 0.102. The number of guanidine groups is 1. The van der Waals surface area contributed by atoms with E-state index in [2.05, 4.69) is 73.4 Å². The molecule has 7 nitrogen and oxygen atoms in total. The van der Waals surface area contributed by atoms with E-state index in [-0.39, 0.29) is 5.41 Å². The van der Waals surface area contributed by atoms with Crippen molar-refractivity contribution in [3.05, 3.63) is 41.2 Å². The van der Waals surface area contributed by atoms with Crippen LogP contribution >= 0.6 is 0 Å². The van der Waals surface area contributed by atoms with Crippen LogP contribution in [0.2, 0.25) is 0 Å². The second kappa shape index (κ2) is 8.35. The Kier molecular flexibility index (Phi) is 6.05. The van der Waals surface area contributed by atoms with Gasteiger partial charge in [-0.15, -0.1) is 0 Å². The number of aromatic nitrogens is 2. The van der Waals surface area contributed by atoms with Gasteiger partial charge in [-0.1, -0.05) is 33.8 Å². The Labute approximate surface area is 173 Å². The van der Waals surface area contributed by atoms with Crippen LogP contribution in [0.1, 0.15) is 50.4 Å². The second-order valence-electron chi connectivity index (χ2n) is 8.58. The maximum Gasteiger partial charge on any atom is 0.231 e. The summed E-state index contributed by atoms with van der Waals surface area (Å²) in [5.74, 6) is 2.87. The van der Waals surface area contributed by atoms with E-state index < -0.39 is 0 Å². The first-order valence-corrected chi connectivity index (χ1v) is 10.1. The second-order valence-corrected chi connectivity index (χ2v) is 8.58. The highest BCUT2D eigenvalue weighted by Crippen LogP contribution is 2.36. The number of nitrogens with zero attached hydrogens (tertiary/aromatic N) is 4. The Morgan fingerprint density at radius 2 is 2.03 bits per heavy atom. The fourth-order valence-corrected chi connectivity index (χ4v) is 3.60. The lowest BCUT2D eigenvalue weighted by molar-refractivity contribution is 0.174. The molecule has 1 aromatic carbocycles. The van der Waals surface area contributed by atoms with Gasteiger partial charge in [0.25, 0.3) is 0 Å². The number of fused-ring (bicyclic) bond motifs is 1. The predicted molar refractivity (Wildman–Crippen MR) is 116 cm³/mol. The zero-order valence-electron chi connectivity index (χ0n) is 18.6. The van der Waals surface area contributed by atoms with E-state index in [1.807, 2.05) is 24.8 Å². The summed E-state index contributed by atoms with van der Waals surface area (Å²) in [6, 6.07) is 6.16. The van der Waals surface area contributed by atoms with Gasteiger partial charge in [-0.25, -0.2) is 0 Å². The Morgan fingerprint density at radius 3 is 2.72 bits per heavy atom. The zero-order chi connectivity index (χ0) is 21.2. The predicted octanol–water partition coefficient (Wildman–Crippen LogP) is 3.26. The van der Waals surface area contributed by atoms with Gasteiger partial charge >= 0.3 is 0 Å². The van der Waals surface area contributed by atoms with Crippen molar-refractivity contribution in [1.29, 1.82) is 0 Å². The third-order valence-corrected chi connectivity index (χ3v) is 5.31. The molecular formula is C22H33N5O2. The molecule has 0 fully saturated rings. The van der Waals surface area contributed by atoms with E-state index in [4.69, 9.17) is 9.47 Å². The molecule has 3 rings (SSSR count). The van der Waals surface area contributed by atoms with Gasteiger partial charge < -0.3 is 19.7 Å². The van der Waals surface area contributed by atoms with Crippen molar-refractivity contribution in [2.75, 3.05) is 27.4 Å². The van der Waals surface area contributed by atoms with Crippen LogP contribution in [-0.2, 0) is 19.0 Å². The number of aliphatic imine (C=N–C) groups is 1. The molecule has 0 radical (unpaired) electrons. The molecule has 29 heavy (non-hydrogen) atoms. The van der Waals surface area contributed by atoms with E-state index >= 15 is 0 Å². The quantitative estimate of drug-likeness (QED) is 0.597. The zero-order valence-corrected chi connectivity index (χ0v) is 18.6. The molecule has 158 valence electrons. The molecule has 2 aromatic rings. The van der Waals surface area contributed by atoms with Crippen LogP contribution in [0.4, 0.5) is 0 Å². The Balaban J connectivity index is 1.66. The van der Waals surface area contributed by atoms with Crippen LogP contribution in [0.25, 0.3) is 0 Å². The van der Waals surface area contributed by atoms with Crippen LogP contribution in [0.15, 0.2) is 29.4 Å². The van der Waals surface area contributed by atoms with Gasteiger partial charge in [0.1, 0.15) is 0 Å². The van der Waals surface area contributed by atoms with Gasteiger partial charge in [0.15, 0.2) is 17.5 Å². The van der Waals surface area contributed by atoms with Crippen molar-refractivity contribution in [2.45, 2.75) is 45.6 Å². The molecule has 0 saturated heterocycles. The standard InChI is InChI=1S/C22H33N5O2/c1-15(2)20-16(12-27(7)25-20)11-26(6)21(23-5)24-13-22(3,4)17-8-9-18-19(10-17)29-14-28-18/h8-10,12,15H,11,13-14H2,1-7H3,(H,23,24). The third-order valence-electron chi connectivity index (χ3n) is 5.31. The largest absolute Gasteiger partial charge is 0.454 e. The number of ether oxygens (including phenoxy) is 2. The summed E-state index contributed by atoms with van der Waals surface area (Å²) in [6.07, 6.45) is 2.09. The fraction of sp³-hybridized carbons (Fsp3) is 0.545. The molecule has 0 bridgehead atoms. The molecule has 1 aliphatic rings. The maximum atomic E-state index is 5.54. The Morgan fingerprint density at radius 1 is 1.31 bits per heavy atom. The molecular weight excluding hydrogens is 366 g/mol. The Bertz CT molecular complexity index is 885. The van der Waals surface area contributed by atoms with Crippen LogP contribution in [0, 0.1) is 0 Å². The van der Waals surface area contributed by atoms with Crippen LogP contribution in [0.5, 0.6) is 11.5 Å². The van der Waals surface area contributed by atoms with Crippen molar-refractivity contribution in [3.8, 4) is 11.5 Å². The van der Waals surface area contributed by atoms with E-state index in [1.165, 1.54) is 11.1 Å². The molecule has 0 saturated carbocycles. The van der Waals surface area contributed by atoms with Crippen LogP contribution in [0.3, 0.4) is 0 Å². The van der Waals surface area contributed by atoms with Crippen molar-refractivity contribution in [2.24, 2.45) is 12.0 Å². The number of hydrogen-bond acceptors (Lipinski definition) is 4. The van der Waals surface area contributed by atoms with E-state index in [9.17, 15) is 0 Å². The molecule has 0 atom stereocenters. The number of rotatable bonds is 6.